The van der Waals surface area contributed by atoms with Crippen LogP contribution < -0.4 is 18.9 Å². The summed E-state index contributed by atoms with van der Waals surface area (Å²) in [7, 11) is 0. The lowest BCUT2D eigenvalue weighted by atomic mass is 9.67. The number of benzene rings is 8. The molecular weight excluding hydrogens is 1860 g/mol. The van der Waals surface area contributed by atoms with Crippen molar-refractivity contribution in [3.05, 3.63) is 304 Å². The highest BCUT2D eigenvalue weighted by molar-refractivity contribution is 7.37. The number of carbonyl (C=O) groups excluding carboxylic acids is 2. The smallest absolute Gasteiger partial charge is 0.270 e. The van der Waals surface area contributed by atoms with Crippen molar-refractivity contribution in [1.82, 2.24) is 0 Å². The standard InChI is InChI=1S/C126H132N4O6S6/c1-7-11-15-19-23-27-31-35-39-47-71-133-93-63-55-89(56-64-93)125(90-57-65-94(66-58-90)134-72-48-40-36-32-28-24-20-16-12-8-2)111-117-107(81-97(137-117)79-103-109(105(83-127)129-5)99-75-85-51-43-45-53-87(85)77-101(99)115(103)131)139-119(111)121-113(125)123-124(141-121)114-122(142-123)120-112(118-108(140-120)82-98(138-118)80-104-110(106(84-128)130-6)100-76-86-52-44-46-54-88(86)78-102(100)116(104)132)126(114,91-59-67-95(68-60-91)135-73-49-41-37-33-29-25-21-17-13-9-3)92-61-69-96(70-62-92)136-74-50-42-38-34-30-26-22-18-14-10-4/h43-46,51-70,75-82H,7-42,47-50,71-74H2,1-4H3/b103-79-,104-80-,109-105-,110-106+. The predicted octanol–water partition coefficient (Wildman–Crippen LogP) is 38.6. The Kier molecular flexibility index (Phi) is 34.4. The van der Waals surface area contributed by atoms with Crippen LogP contribution in [-0.4, -0.2) is 38.0 Å². The quantitative estimate of drug-likeness (QED) is 0.0160. The molecule has 0 fully saturated rings. The number of thiophene rings is 6. The summed E-state index contributed by atoms with van der Waals surface area (Å²) >= 11 is 10.8. The van der Waals surface area contributed by atoms with Crippen LogP contribution >= 0.6 is 68.0 Å². The van der Waals surface area contributed by atoms with E-state index in [4.69, 9.17) is 32.1 Å². The number of ketones is 2. The number of nitrogens with zero attached hydrogens (tertiary/aromatic N) is 4. The number of hydrogen-bond acceptors (Lipinski definition) is 14. The maximum absolute atomic E-state index is 15.3. The molecule has 0 bridgehead atoms. The largest absolute Gasteiger partial charge is 0.494 e. The third-order valence-electron chi connectivity index (χ3n) is 29.7. The number of rotatable bonds is 54. The van der Waals surface area contributed by atoms with E-state index in [1.54, 1.807) is 45.3 Å². The number of allylic oxidation sites excluding steroid dienone is 6. The van der Waals surface area contributed by atoms with Crippen molar-refractivity contribution >= 4 is 153 Å². The van der Waals surface area contributed by atoms with Crippen LogP contribution in [0.3, 0.4) is 0 Å². The molecule has 0 radical (unpaired) electrons. The zero-order valence-corrected chi connectivity index (χ0v) is 88.2. The topological polar surface area (TPSA) is 127 Å². The Morgan fingerprint density at radius 2 is 0.542 bits per heavy atom. The molecule has 728 valence electrons. The van der Waals surface area contributed by atoms with Gasteiger partial charge >= 0.3 is 0 Å². The third-order valence-corrected chi connectivity index (χ3v) is 37.3. The van der Waals surface area contributed by atoms with Gasteiger partial charge in [-0.3, -0.25) is 9.59 Å². The molecule has 0 atom stereocenters. The molecule has 6 heterocycles. The minimum Gasteiger partial charge on any atom is -0.494 e. The van der Waals surface area contributed by atoms with Crippen LogP contribution in [0.25, 0.3) is 102 Å². The molecule has 0 saturated heterocycles. The Morgan fingerprint density at radius 1 is 0.303 bits per heavy atom. The van der Waals surface area contributed by atoms with E-state index in [-0.39, 0.29) is 23.0 Å². The highest BCUT2D eigenvalue weighted by atomic mass is 32.1. The van der Waals surface area contributed by atoms with E-state index in [1.807, 2.05) is 108 Å². The van der Waals surface area contributed by atoms with Crippen LogP contribution in [0, 0.1) is 35.8 Å². The van der Waals surface area contributed by atoms with Crippen molar-refractivity contribution in [2.75, 3.05) is 26.4 Å². The summed E-state index contributed by atoms with van der Waals surface area (Å²) in [5, 5.41) is 25.3. The molecule has 18 rings (SSSR count). The van der Waals surface area contributed by atoms with Gasteiger partial charge in [-0.1, -0.05) is 356 Å². The van der Waals surface area contributed by atoms with Gasteiger partial charge in [0.15, 0.2) is 11.6 Å². The molecule has 0 unspecified atom stereocenters. The number of unbranched alkanes of at least 4 members (excludes halogenated alkanes) is 36. The van der Waals surface area contributed by atoms with Gasteiger partial charge in [-0.05, 0) is 178 Å². The Bertz CT molecular complexity index is 6550. The van der Waals surface area contributed by atoms with E-state index in [2.05, 4.69) is 159 Å². The molecule has 16 heteroatoms. The van der Waals surface area contributed by atoms with Gasteiger partial charge in [-0.25, -0.2) is 20.2 Å². The van der Waals surface area contributed by atoms with E-state index < -0.39 is 10.8 Å². The first-order valence-corrected chi connectivity index (χ1v) is 58.2. The Hall–Kier alpha value is -11.3. The maximum Gasteiger partial charge on any atom is 0.270 e. The second-order valence-electron chi connectivity index (χ2n) is 39.4. The zero-order chi connectivity index (χ0) is 97.7. The van der Waals surface area contributed by atoms with Crippen LogP contribution in [0.5, 0.6) is 23.0 Å². The summed E-state index contributed by atoms with van der Waals surface area (Å²) < 4.78 is 34.1. The second kappa shape index (κ2) is 48.4. The van der Waals surface area contributed by atoms with Gasteiger partial charge < -0.3 is 18.9 Å². The molecule has 14 aromatic rings. The number of carbonyl (C=O) groups is 2. The Morgan fingerprint density at radius 3 is 0.796 bits per heavy atom. The van der Waals surface area contributed by atoms with Crippen molar-refractivity contribution in [3.63, 3.8) is 0 Å². The first-order chi connectivity index (χ1) is 70.0. The van der Waals surface area contributed by atoms with Gasteiger partial charge in [0.1, 0.15) is 23.0 Å². The number of hydrogen-bond donors (Lipinski definition) is 0. The molecule has 142 heavy (non-hydrogen) atoms. The average molecular weight is 1990 g/mol. The van der Waals surface area contributed by atoms with Crippen molar-refractivity contribution < 1.29 is 28.5 Å². The fourth-order valence-corrected chi connectivity index (χ4v) is 31.2. The van der Waals surface area contributed by atoms with Gasteiger partial charge in [-0.15, -0.1) is 68.0 Å². The maximum atomic E-state index is 15.3. The van der Waals surface area contributed by atoms with Crippen molar-refractivity contribution in [1.29, 1.82) is 10.5 Å². The zero-order valence-electron chi connectivity index (χ0n) is 83.3. The lowest BCUT2D eigenvalue weighted by Gasteiger charge is -2.34. The number of ether oxygens (including phenoxy) is 4. The molecule has 4 aliphatic rings. The minimum absolute atomic E-state index is 0.115. The Balaban J connectivity index is 0.810. The highest BCUT2D eigenvalue weighted by Crippen LogP contribution is 2.73. The van der Waals surface area contributed by atoms with Gasteiger partial charge in [0.2, 0.25) is 0 Å². The molecule has 4 aliphatic carbocycles. The van der Waals surface area contributed by atoms with Crippen LogP contribution in [0.2, 0.25) is 0 Å². The first-order valence-electron chi connectivity index (χ1n) is 53.3. The van der Waals surface area contributed by atoms with Gasteiger partial charge in [0.25, 0.3) is 11.4 Å². The highest BCUT2D eigenvalue weighted by Gasteiger charge is 2.57. The average Bonchev–Trinajstić information content (AvgIpc) is 1.47. The van der Waals surface area contributed by atoms with Gasteiger partial charge in [0, 0.05) is 74.8 Å². The Labute approximate surface area is 864 Å². The number of fused-ring (bicyclic) bond motifs is 17. The molecular formula is C126H132N4O6S6. The second-order valence-corrected chi connectivity index (χ2v) is 45.8. The first kappa shape index (κ1) is 101. The van der Waals surface area contributed by atoms with Crippen LogP contribution in [0.4, 0.5) is 0 Å². The summed E-state index contributed by atoms with van der Waals surface area (Å²) in [6.07, 6.45) is 53.4. The molecule has 0 N–H and O–H groups in total. The van der Waals surface area contributed by atoms with Gasteiger partial charge in [0.05, 0.1) is 101 Å². The van der Waals surface area contributed by atoms with Crippen molar-refractivity contribution in [2.24, 2.45) is 0 Å². The molecule has 0 saturated carbocycles. The van der Waals surface area contributed by atoms with Crippen molar-refractivity contribution in [3.8, 4) is 54.6 Å². The summed E-state index contributed by atoms with van der Waals surface area (Å²) in [5.41, 5.74) is 10.6. The third kappa shape index (κ3) is 21.2. The fraction of sp³-hybridized carbons (Fsp3) is 0.397. The normalized spacial score (nSPS) is 14.9. The van der Waals surface area contributed by atoms with Crippen LogP contribution in [0.15, 0.2) is 205 Å². The minimum atomic E-state index is -0.984. The molecule has 6 aromatic heterocycles. The van der Waals surface area contributed by atoms with E-state index in [0.29, 0.717) is 71.0 Å². The van der Waals surface area contributed by atoms with E-state index in [9.17, 15) is 10.5 Å². The molecule has 10 nitrogen and oxygen atoms in total. The molecule has 0 amide bonds. The van der Waals surface area contributed by atoms with E-state index in [1.165, 1.54) is 257 Å². The monoisotopic (exact) mass is 1990 g/mol. The van der Waals surface area contributed by atoms with Crippen LogP contribution in [0.1, 0.15) is 371 Å². The van der Waals surface area contributed by atoms with Gasteiger partial charge in [-0.2, -0.15) is 0 Å². The summed E-state index contributed by atoms with van der Waals surface area (Å²) in [6.45, 7) is 28.5. The predicted molar refractivity (Wildman–Crippen MR) is 601 cm³/mol. The van der Waals surface area contributed by atoms with E-state index in [0.717, 1.165) is 147 Å². The molecule has 0 spiro atoms. The number of nitriles is 2. The lowest BCUT2D eigenvalue weighted by molar-refractivity contribution is 0.103. The SMILES string of the molecule is [C-]#[N+]/C(C#N)=C1\C(=C\c2cc3sc4c(c3s2)C(c2ccc(OCCCCCCCCCCCC)cc2)(c2ccc(OCCCCCCCCCCCC)cc2)c2c-4sc3c4c(sc23)-c2sc3cc(/C=C5\C(=O)c6cc7ccccc7cc6\C5=C(\C#N)[N+]#[C-])sc3c2C4(c2ccc(OCCCCCCCCCCCC)cc2)c2ccc(OCCCCCCCCCCCC)cc2)C(=O)c2cc3ccccc3cc21. The summed E-state index contributed by atoms with van der Waals surface area (Å²) in [5.74, 6) is 2.88. The molecule has 8 aromatic carbocycles. The summed E-state index contributed by atoms with van der Waals surface area (Å²) in [6, 6.07) is 68.9. The van der Waals surface area contributed by atoms with Crippen molar-refractivity contribution in [2.45, 2.75) is 295 Å². The number of Topliss-reactive ketones (excluding diaryl/α,β-unsaturated/α-hetero) is 2. The van der Waals surface area contributed by atoms with E-state index >= 15 is 9.59 Å². The summed E-state index contributed by atoms with van der Waals surface area (Å²) in [4.78, 5) is 44.8. The lowest BCUT2D eigenvalue weighted by Crippen LogP contribution is -2.29. The molecule has 0 aliphatic heterocycles. The fourth-order valence-electron chi connectivity index (χ4n) is 22.4. The van der Waals surface area contributed by atoms with Crippen LogP contribution in [-0.2, 0) is 10.8 Å².